The number of allylic oxidation sites excluding steroid dienone is 4. The van der Waals surface area contributed by atoms with Crippen molar-refractivity contribution in [3.05, 3.63) is 24.3 Å². The smallest absolute Gasteiger partial charge is 0.0233 e. The van der Waals surface area contributed by atoms with E-state index < -0.39 is 0 Å². The molecule has 0 nitrogen and oxygen atoms in total. The molecular weight excluding hydrogens is 156 g/mol. The van der Waals surface area contributed by atoms with Gasteiger partial charge in [0.25, 0.3) is 0 Å². The summed E-state index contributed by atoms with van der Waals surface area (Å²) in [5.74, 6) is 1.48. The fourth-order valence-corrected chi connectivity index (χ4v) is 1.23. The molecule has 0 spiro atoms. The second-order valence-corrected chi connectivity index (χ2v) is 3.79. The fraction of sp³-hybridized carbons (Fsp3) is 0.692. The summed E-state index contributed by atoms with van der Waals surface area (Å²) in [6.45, 7) is 8.99. The van der Waals surface area contributed by atoms with Gasteiger partial charge in [0.05, 0.1) is 0 Å². The average Bonchev–Trinajstić information content (AvgIpc) is 2.14. The van der Waals surface area contributed by atoms with Crippen LogP contribution in [0.5, 0.6) is 0 Å². The molecule has 0 aromatic carbocycles. The van der Waals surface area contributed by atoms with Gasteiger partial charge < -0.3 is 0 Å². The minimum absolute atomic E-state index is 0.710. The lowest BCUT2D eigenvalue weighted by molar-refractivity contribution is 0.464. The maximum Gasteiger partial charge on any atom is -0.0233 e. The van der Waals surface area contributed by atoms with Crippen LogP contribution in [0, 0.1) is 11.8 Å². The van der Waals surface area contributed by atoms with E-state index in [0.29, 0.717) is 5.92 Å². The zero-order valence-corrected chi connectivity index (χ0v) is 9.59. The Hall–Kier alpha value is -0.520. The Kier molecular flexibility index (Phi) is 7.77. The molecule has 0 heterocycles. The van der Waals surface area contributed by atoms with Crippen molar-refractivity contribution >= 4 is 0 Å². The van der Waals surface area contributed by atoms with Crippen molar-refractivity contribution in [3.63, 3.8) is 0 Å². The van der Waals surface area contributed by atoms with Crippen molar-refractivity contribution in [1.82, 2.24) is 0 Å². The highest BCUT2D eigenvalue weighted by atomic mass is 14.1. The van der Waals surface area contributed by atoms with Crippen molar-refractivity contribution in [2.45, 2.75) is 47.0 Å². The first-order valence-electron chi connectivity index (χ1n) is 5.54. The summed E-state index contributed by atoms with van der Waals surface area (Å²) in [7, 11) is 0. The molecule has 0 aromatic rings. The lowest BCUT2D eigenvalue weighted by atomic mass is 9.92. The van der Waals surface area contributed by atoms with E-state index in [9.17, 15) is 0 Å². The van der Waals surface area contributed by atoms with E-state index in [1.165, 1.54) is 6.42 Å². The first kappa shape index (κ1) is 12.5. The monoisotopic (exact) mass is 180 g/mol. The summed E-state index contributed by atoms with van der Waals surface area (Å²) in [5, 5.41) is 0. The highest BCUT2D eigenvalue weighted by molar-refractivity contribution is 4.91. The molecule has 2 atom stereocenters. The van der Waals surface area contributed by atoms with Crippen LogP contribution < -0.4 is 0 Å². The van der Waals surface area contributed by atoms with E-state index in [-0.39, 0.29) is 0 Å². The van der Waals surface area contributed by atoms with Crippen LogP contribution in [0.15, 0.2) is 24.3 Å². The topological polar surface area (TPSA) is 0 Å². The van der Waals surface area contributed by atoms with Crippen LogP contribution in [0.1, 0.15) is 47.0 Å². The highest BCUT2D eigenvalue weighted by Gasteiger charge is 2.05. The first-order valence-corrected chi connectivity index (χ1v) is 5.54. The van der Waals surface area contributed by atoms with Crippen LogP contribution in [0.3, 0.4) is 0 Å². The van der Waals surface area contributed by atoms with E-state index >= 15 is 0 Å². The molecule has 0 aliphatic rings. The molecule has 0 saturated carbocycles. The molecule has 0 N–H and O–H groups in total. The van der Waals surface area contributed by atoms with Gasteiger partial charge in [-0.2, -0.15) is 0 Å². The van der Waals surface area contributed by atoms with Crippen molar-refractivity contribution in [3.8, 4) is 0 Å². The van der Waals surface area contributed by atoms with Gasteiger partial charge in [-0.3, -0.25) is 0 Å². The van der Waals surface area contributed by atoms with Gasteiger partial charge in [-0.1, -0.05) is 52.0 Å². The van der Waals surface area contributed by atoms with Crippen molar-refractivity contribution in [2.24, 2.45) is 11.8 Å². The van der Waals surface area contributed by atoms with E-state index in [1.54, 1.807) is 0 Å². The molecule has 0 aliphatic heterocycles. The predicted octanol–water partition coefficient (Wildman–Crippen LogP) is 4.58. The van der Waals surface area contributed by atoms with Crippen LogP contribution in [0.2, 0.25) is 0 Å². The van der Waals surface area contributed by atoms with Crippen LogP contribution in [0.4, 0.5) is 0 Å². The van der Waals surface area contributed by atoms with Gasteiger partial charge in [-0.25, -0.2) is 0 Å². The molecule has 0 aromatic heterocycles. The maximum absolute atomic E-state index is 2.34. The molecule has 0 aliphatic carbocycles. The largest absolute Gasteiger partial charge is 0.0888 e. The second-order valence-electron chi connectivity index (χ2n) is 3.79. The summed E-state index contributed by atoms with van der Waals surface area (Å²) in [6, 6.07) is 0. The minimum Gasteiger partial charge on any atom is -0.0888 e. The molecule has 0 bridgehead atoms. The molecule has 2 unspecified atom stereocenters. The van der Waals surface area contributed by atoms with Crippen LogP contribution in [-0.4, -0.2) is 0 Å². The van der Waals surface area contributed by atoms with Crippen LogP contribution in [0.25, 0.3) is 0 Å². The van der Waals surface area contributed by atoms with E-state index in [1.807, 2.05) is 0 Å². The summed E-state index contributed by atoms with van der Waals surface area (Å²) >= 11 is 0. The lowest BCUT2D eigenvalue weighted by Crippen LogP contribution is -2.03. The summed E-state index contributed by atoms with van der Waals surface area (Å²) in [6.07, 6.45) is 12.7. The normalized spacial score (nSPS) is 16.9. The van der Waals surface area contributed by atoms with Gasteiger partial charge in [0.15, 0.2) is 0 Å². The lowest BCUT2D eigenvalue weighted by Gasteiger charge is -2.13. The van der Waals surface area contributed by atoms with Crippen molar-refractivity contribution < 1.29 is 0 Å². The third kappa shape index (κ3) is 6.62. The minimum atomic E-state index is 0.710. The molecule has 0 saturated heterocycles. The van der Waals surface area contributed by atoms with Gasteiger partial charge in [-0.05, 0) is 31.1 Å². The first-order chi connectivity index (χ1) is 6.22. The average molecular weight is 180 g/mol. The third-order valence-corrected chi connectivity index (χ3v) is 2.48. The molecule has 0 rings (SSSR count). The molecule has 76 valence electrons. The highest BCUT2D eigenvalue weighted by Crippen LogP contribution is 2.17. The molecule has 0 amide bonds. The summed E-state index contributed by atoms with van der Waals surface area (Å²) < 4.78 is 0. The van der Waals surface area contributed by atoms with Crippen molar-refractivity contribution in [2.75, 3.05) is 0 Å². The van der Waals surface area contributed by atoms with Crippen LogP contribution in [-0.2, 0) is 0 Å². The summed E-state index contributed by atoms with van der Waals surface area (Å²) in [5.41, 5.74) is 0. The molecular formula is C13H24. The van der Waals surface area contributed by atoms with E-state index in [4.69, 9.17) is 0 Å². The quantitative estimate of drug-likeness (QED) is 0.525. The standard InChI is InChI=1S/C13H24/c1-5-7-9-11-13(4)12(3)10-8-6-2/h7-10,12-13H,5-6,11H2,1-4H3. The SMILES string of the molecule is CCC=CCC(C)C(C)C=CCC. The predicted molar refractivity (Wildman–Crippen MR) is 61.8 cm³/mol. The molecule has 0 fully saturated rings. The Bertz CT molecular complexity index is 153. The van der Waals surface area contributed by atoms with Gasteiger partial charge in [0.2, 0.25) is 0 Å². The number of hydrogen-bond donors (Lipinski definition) is 0. The fourth-order valence-electron chi connectivity index (χ4n) is 1.23. The Morgan fingerprint density at radius 1 is 0.923 bits per heavy atom. The van der Waals surface area contributed by atoms with Gasteiger partial charge in [-0.15, -0.1) is 0 Å². The Balaban J connectivity index is 3.74. The van der Waals surface area contributed by atoms with Crippen molar-refractivity contribution in [1.29, 1.82) is 0 Å². The van der Waals surface area contributed by atoms with Gasteiger partial charge in [0, 0.05) is 0 Å². The number of rotatable bonds is 6. The van der Waals surface area contributed by atoms with E-state index in [0.717, 1.165) is 18.8 Å². The molecule has 0 heteroatoms. The molecule has 0 radical (unpaired) electrons. The van der Waals surface area contributed by atoms with Gasteiger partial charge in [0.1, 0.15) is 0 Å². The van der Waals surface area contributed by atoms with E-state index in [2.05, 4.69) is 52.0 Å². The number of hydrogen-bond acceptors (Lipinski definition) is 0. The Morgan fingerprint density at radius 2 is 1.54 bits per heavy atom. The maximum atomic E-state index is 2.34. The zero-order chi connectivity index (χ0) is 10.1. The zero-order valence-electron chi connectivity index (χ0n) is 9.59. The second kappa shape index (κ2) is 8.10. The summed E-state index contributed by atoms with van der Waals surface area (Å²) in [4.78, 5) is 0. The molecule has 13 heavy (non-hydrogen) atoms. The third-order valence-electron chi connectivity index (χ3n) is 2.48. The Morgan fingerprint density at radius 3 is 2.08 bits per heavy atom. The van der Waals surface area contributed by atoms with Gasteiger partial charge >= 0.3 is 0 Å². The Labute approximate surface area is 83.7 Å². The van der Waals surface area contributed by atoms with Crippen LogP contribution >= 0.6 is 0 Å².